The zero-order valence-corrected chi connectivity index (χ0v) is 91.2. The molecule has 724 valence electrons. The van der Waals surface area contributed by atoms with Gasteiger partial charge in [-0.05, 0) is 121 Å². The smallest absolute Gasteiger partial charge is 0.735 e. The summed E-state index contributed by atoms with van der Waals surface area (Å²) in [7, 11) is -57.2. The van der Waals surface area contributed by atoms with Gasteiger partial charge in [-0.3, -0.25) is 14.2 Å². The van der Waals surface area contributed by atoms with Crippen LogP contribution < -0.4 is 307 Å². The van der Waals surface area contributed by atoms with E-state index >= 15 is 0 Å². The van der Waals surface area contributed by atoms with E-state index in [9.17, 15) is 169 Å². The van der Waals surface area contributed by atoms with Gasteiger partial charge >= 0.3 is 245 Å². The molecular weight excluding hydrogens is 2060 g/mol. The minimum Gasteiger partial charge on any atom is -0.735 e. The molecular formula is C57H96Li13N13O39S14Si. The van der Waals surface area contributed by atoms with Crippen molar-refractivity contribution in [2.45, 2.75) is 152 Å². The van der Waals surface area contributed by atoms with Gasteiger partial charge in [0.15, 0.2) is 134 Å². The molecule has 80 heteroatoms. The molecule has 0 aromatic rings. The van der Waals surface area contributed by atoms with Crippen molar-refractivity contribution in [1.82, 2.24) is 61.4 Å². The van der Waals surface area contributed by atoms with E-state index in [1.54, 1.807) is 47.9 Å². The molecule has 0 amide bonds. The Labute approximate surface area is 971 Å². The first kappa shape index (κ1) is 187. The maximum atomic E-state index is 10.2. The van der Waals surface area contributed by atoms with E-state index in [2.05, 4.69) is 62.2 Å². The van der Waals surface area contributed by atoms with Crippen LogP contribution in [0.3, 0.4) is 0 Å². The first-order valence-corrected chi connectivity index (χ1v) is 56.4. The molecule has 6 rings (SSSR count). The van der Waals surface area contributed by atoms with E-state index in [-0.39, 0.29) is 295 Å². The summed E-state index contributed by atoms with van der Waals surface area (Å²) in [6.45, 7) is 21.3. The number of hydrogen-bond acceptors (Lipinski definition) is 40. The first-order valence-electron chi connectivity index (χ1n) is 33.5. The van der Waals surface area contributed by atoms with E-state index in [1.165, 1.54) is 45.5 Å². The van der Waals surface area contributed by atoms with Gasteiger partial charge in [0, 0.05) is 55.0 Å². The van der Waals surface area contributed by atoms with Crippen LogP contribution in [-0.2, 0) is 134 Å². The van der Waals surface area contributed by atoms with Crippen LogP contribution in [0.1, 0.15) is 109 Å². The maximum Gasteiger partial charge on any atom is 1.00 e. The van der Waals surface area contributed by atoms with Crippen LogP contribution in [0.5, 0.6) is 0 Å². The molecule has 0 bridgehead atoms. The third-order valence-corrected chi connectivity index (χ3v) is 20.6. The van der Waals surface area contributed by atoms with Gasteiger partial charge in [0.2, 0.25) is 0 Å². The molecule has 3 atom stereocenters. The molecule has 0 aromatic carbocycles. The second kappa shape index (κ2) is 101. The topological polar surface area (TPSA) is 900 Å². The molecule has 3 unspecified atom stereocenters. The van der Waals surface area contributed by atoms with Crippen LogP contribution in [0.15, 0.2) is 147 Å². The van der Waals surface area contributed by atoms with Gasteiger partial charge in [-0.25, -0.2) is 147 Å². The summed E-state index contributed by atoms with van der Waals surface area (Å²) in [6.07, 6.45) is 41.1. The fraction of sp³-hybridized carbons (Fsp3) is 0.509. The molecule has 0 aromatic heterocycles. The monoisotopic (exact) mass is 2150 g/mol. The normalized spacial score (nSPS) is 15.3. The zero-order valence-electron chi connectivity index (χ0n) is 78.8. The summed E-state index contributed by atoms with van der Waals surface area (Å²) in [6, 6.07) is -0.767. The van der Waals surface area contributed by atoms with Gasteiger partial charge in [-0.2, -0.15) is 0 Å². The Kier molecular flexibility index (Phi) is 137. The van der Waals surface area contributed by atoms with Crippen LogP contribution in [0.4, 0.5) is 0 Å². The largest absolute Gasteiger partial charge is 1.00 e. The molecule has 52 nitrogen and oxygen atoms in total. The predicted molar refractivity (Wildman–Crippen MR) is 443 cm³/mol. The van der Waals surface area contributed by atoms with E-state index in [4.69, 9.17) is 0 Å². The minimum atomic E-state index is -4.34. The van der Waals surface area contributed by atoms with Crippen molar-refractivity contribution < 1.29 is 414 Å². The summed E-state index contributed by atoms with van der Waals surface area (Å²) < 4.78 is 410. The average molecular weight is 2150 g/mol. The summed E-state index contributed by atoms with van der Waals surface area (Å²) in [5, 5.41) is -0.189. The van der Waals surface area contributed by atoms with Crippen molar-refractivity contribution in [1.29, 1.82) is 0 Å². The van der Waals surface area contributed by atoms with Crippen LogP contribution in [0.2, 0.25) is 19.6 Å². The van der Waals surface area contributed by atoms with E-state index < -0.39 is 142 Å². The van der Waals surface area contributed by atoms with Crippen molar-refractivity contribution in [3.8, 4) is 23.8 Å². The van der Waals surface area contributed by atoms with Crippen LogP contribution in [0, 0.1) is 23.8 Å². The molecule has 0 saturated carbocycles. The quantitative estimate of drug-likeness (QED) is 0.00826. The summed E-state index contributed by atoms with van der Waals surface area (Å²) >= 11 is 1.50. The molecule has 5 aliphatic carbocycles. The Hall–Kier alpha value is 1.66. The van der Waals surface area contributed by atoms with Gasteiger partial charge in [0.05, 0.1) is 24.7 Å². The number of rotatable bonds is 29. The molecule has 0 radical (unpaired) electrons. The average Bonchev–Trinajstić information content (AvgIpc) is 1.80. The Morgan fingerprint density at radius 2 is 0.803 bits per heavy atom. The van der Waals surface area contributed by atoms with Crippen LogP contribution >= 0.6 is 11.8 Å². The molecule has 0 spiro atoms. The fourth-order valence-electron chi connectivity index (χ4n) is 7.29. The first-order chi connectivity index (χ1) is 56.0. The third kappa shape index (κ3) is 186. The fourth-order valence-corrected chi connectivity index (χ4v) is 14.5. The molecule has 13 N–H and O–H groups in total. The molecule has 6 aliphatic rings. The molecule has 1 heterocycles. The predicted octanol–water partition coefficient (Wildman–Crippen LogP) is -43.0. The molecule has 1 saturated heterocycles. The van der Waals surface area contributed by atoms with Gasteiger partial charge in [-0.15, -0.1) is 41.8 Å². The molecule has 1 fully saturated rings. The zero-order chi connectivity index (χ0) is 98.1. The second-order valence-corrected chi connectivity index (χ2v) is 44.6. The number of terminal acetylenes is 1. The van der Waals surface area contributed by atoms with Crippen molar-refractivity contribution in [2.24, 2.45) is 0 Å². The maximum absolute atomic E-state index is 10.2. The van der Waals surface area contributed by atoms with Crippen molar-refractivity contribution in [2.75, 3.05) is 31.9 Å². The van der Waals surface area contributed by atoms with Gasteiger partial charge in [0.25, 0.3) is 0 Å². The summed E-state index contributed by atoms with van der Waals surface area (Å²) in [5.74, 6) is 5.47. The molecule has 1 aliphatic heterocycles. The number of nitrogens with one attached hydrogen (secondary N) is 13. The third-order valence-electron chi connectivity index (χ3n) is 11.5. The Morgan fingerprint density at radius 1 is 0.409 bits per heavy atom. The van der Waals surface area contributed by atoms with Crippen molar-refractivity contribution in [3.05, 3.63) is 147 Å². The van der Waals surface area contributed by atoms with Gasteiger partial charge < -0.3 is 68.6 Å². The summed E-state index contributed by atoms with van der Waals surface area (Å²) in [5.41, 5.74) is 8.36. The van der Waals surface area contributed by atoms with Crippen LogP contribution in [-0.4, -0.2) is 232 Å². The van der Waals surface area contributed by atoms with E-state index in [0.29, 0.717) is 43.5 Å². The number of hydrogen-bond donors (Lipinski definition) is 13. The van der Waals surface area contributed by atoms with Crippen molar-refractivity contribution in [3.63, 3.8) is 0 Å². The SMILES string of the molecule is C#CCNS(=O)(=O)[O-].C=C=CCNS(=O)(=O)[O-].C=C=CNS(=O)(=O)[O-].C=CC=CNS(=O)(=O)[O-].C=CCNS(=O)(=O)[O-].C=CNS(=O)(=O)[O-].C[Si](C)(C)C#CCNS(=O)(=O)[O-].O=S(=O)([O-])NC1=CCCC1.O=S(=O)([O-])NC1=CCCCC1.O=S(=O)([O-])NC1C=CCC1.O=S(=O)([O-])NC1C=CCCC1.O=S(=O)([O-])NC1CC=CC1.O=S(=O)([O-])NC1CCCCS1.[Li+].[Li+].[Li+].[Li+].[Li+].[Li+].[Li+].[Li+].[Li+].[Li+].[Li+].[Li+].[Li+]. The standard InChI is InChI=1S/C6H13NO3SSi.2C6H11NO3S.C5H11NO3S2.3C5H9NO3S.2C4H7NO3S.C3H7NO3S.2C3H5NO3S.C2H5NO3S.13Li/c1-12(2,3)6-4-5-7-11(8,9)10;2*8-11(9,10)7-6-4-2-1-3-5-6;7-11(8,9)6-5-3-1-2-4-10-5;3*7-10(8,9)6-5-3-1-2-4-5;2*1-2-3-4-5-9(6,7)8;3*1-2-3-4-8(5,6)7;1-2-3-7(4,5)6;;;;;;;;;;;;;/h7H,5H2,1-3H3,(H,8,9,10);4,7H,1-3,5H2,(H,8,9,10);2,4,6-7H,1,3,5H2,(H,8,9,10);5-6H,1-4H2,(H,7,8,9);3,6H,1-2,4H2,(H,7,8,9);1,3,5-6H,2,4H2,(H,7,8,9);1-2,5-6H,3-4H2,(H,7,8,9);3,5H,1,4H2,(H,6,7,8);2-5H,1H2,(H,6,7,8);2,4H,1,3H2,(H,5,6,7);3-4H,1H2,(H,5,6,7);1,4H,3H2,(H,5,6,7);2-3H,1H2,(H,4,5,6);;;;;;;;;;;;;/q;;;;;;;;;;;;;13*+1/p-13. The van der Waals surface area contributed by atoms with Crippen molar-refractivity contribution >= 4 is 154 Å². The number of thioether (sulfide) groups is 1. The molecule has 137 heavy (non-hydrogen) atoms. The minimum absolute atomic E-state index is 0. The second-order valence-electron chi connectivity index (χ2n) is 23.5. The Balaban J connectivity index is -0.0000000598. The van der Waals surface area contributed by atoms with Crippen LogP contribution in [0.25, 0.3) is 0 Å². The Morgan fingerprint density at radius 3 is 1.07 bits per heavy atom. The number of allylic oxidation sites excluding steroid dienone is 8. The summed E-state index contributed by atoms with van der Waals surface area (Å²) in [4.78, 5) is 0. The van der Waals surface area contributed by atoms with Gasteiger partial charge in [-0.1, -0.05) is 125 Å². The Bertz CT molecular complexity index is 5270. The van der Waals surface area contributed by atoms with E-state index in [0.717, 1.165) is 101 Å². The van der Waals surface area contributed by atoms with E-state index in [1.807, 2.05) is 78.2 Å². The van der Waals surface area contributed by atoms with Gasteiger partial charge in [0.1, 0.15) is 8.07 Å².